The van der Waals surface area contributed by atoms with Crippen molar-refractivity contribution in [1.82, 2.24) is 30.3 Å². The van der Waals surface area contributed by atoms with Crippen molar-refractivity contribution in [2.24, 2.45) is 17.8 Å². The van der Waals surface area contributed by atoms with Gasteiger partial charge in [0.25, 0.3) is 17.7 Å². The number of nitrogens with zero attached hydrogens (tertiary/aromatic N) is 4. The van der Waals surface area contributed by atoms with Crippen LogP contribution in [0.15, 0.2) is 35.7 Å². The Bertz CT molecular complexity index is 2390. The highest BCUT2D eigenvalue weighted by Gasteiger charge is 2.38. The number of rotatable bonds is 25. The number of carbonyl (C=O) groups excluding carboxylic acids is 8. The molecule has 396 valence electrons. The van der Waals surface area contributed by atoms with E-state index in [1.165, 1.54) is 37.4 Å². The third kappa shape index (κ3) is 17.3. The van der Waals surface area contributed by atoms with Crippen molar-refractivity contribution in [2.75, 3.05) is 32.5 Å². The van der Waals surface area contributed by atoms with E-state index in [1.54, 1.807) is 11.9 Å². The van der Waals surface area contributed by atoms with Gasteiger partial charge in [0, 0.05) is 63.0 Å². The fourth-order valence-electron chi connectivity index (χ4n) is 8.38. The van der Waals surface area contributed by atoms with Crippen LogP contribution in [0.3, 0.4) is 0 Å². The number of aromatic nitrogens is 1. The second kappa shape index (κ2) is 26.6. The zero-order chi connectivity index (χ0) is 53.6. The molecule has 0 bridgehead atoms. The Hall–Kier alpha value is -6.07. The van der Waals surface area contributed by atoms with Gasteiger partial charge in [-0.3, -0.25) is 57.9 Å². The number of likely N-dealkylation sites (tertiary alicyclic amines) is 1. The molecule has 2 aliphatic rings. The van der Waals surface area contributed by atoms with E-state index in [0.29, 0.717) is 18.4 Å². The lowest BCUT2D eigenvalue weighted by atomic mass is 9.92. The molecule has 25 heteroatoms. The maximum absolute atomic E-state index is 14.3. The average molecular weight is 1050 g/mol. The largest absolute Gasteiger partial charge is 0.529 e. The van der Waals surface area contributed by atoms with Gasteiger partial charge in [0.15, 0.2) is 11.9 Å². The number of ether oxygens (including phenoxy) is 2. The van der Waals surface area contributed by atoms with Crippen molar-refractivity contribution < 1.29 is 76.6 Å². The van der Waals surface area contributed by atoms with Gasteiger partial charge >= 0.3 is 25.9 Å². The fourth-order valence-corrected chi connectivity index (χ4v) is 9.45. The van der Waals surface area contributed by atoms with Crippen LogP contribution in [0.25, 0.3) is 0 Å². The number of thiazole rings is 1. The van der Waals surface area contributed by atoms with Gasteiger partial charge < -0.3 is 40.0 Å². The third-order valence-corrected chi connectivity index (χ3v) is 13.8. The Labute approximate surface area is 421 Å². The maximum Gasteiger partial charge on any atom is 0.529 e. The van der Waals surface area contributed by atoms with Crippen LogP contribution in [0.1, 0.15) is 120 Å². The van der Waals surface area contributed by atoms with Crippen LogP contribution in [0.5, 0.6) is 5.75 Å². The number of anilines is 1. The van der Waals surface area contributed by atoms with Gasteiger partial charge in [-0.15, -0.1) is 11.3 Å². The predicted octanol–water partition coefficient (Wildman–Crippen LogP) is 4.34. The number of nitrogens with one attached hydrogen (secondary N) is 3. The number of piperidine rings is 1. The summed E-state index contributed by atoms with van der Waals surface area (Å²) in [5, 5.41) is 19.9. The number of esters is 1. The molecule has 1 aromatic heterocycles. The molecule has 0 saturated carbocycles. The summed E-state index contributed by atoms with van der Waals surface area (Å²) in [5.74, 6) is -6.57. The normalized spacial score (nSPS) is 17.5. The maximum atomic E-state index is 14.3. The van der Waals surface area contributed by atoms with Crippen LogP contribution in [-0.4, -0.2) is 139 Å². The zero-order valence-corrected chi connectivity index (χ0v) is 43.4. The molecule has 1 unspecified atom stereocenters. The highest BCUT2D eigenvalue weighted by molar-refractivity contribution is 7.46. The standard InChI is InChI=1S/C47H66N7O16PS/c1-9-27(4)41(51-43(60)34-13-10-11-19-52(34)7)45(61)53(8)35(26(2)3)24-37(68-29(6)55)44-50-33(25-72-44)42(59)48-31(21-28(5)46(62)63)22-30-15-16-36(69-47(64)70-71(65,66)67)32(23-30)49-38(56)14-12-20-54-39(57)17-18-40(54)58/h15-18,23,25-28,31,34-35,37,41H,9-14,19-22,24H2,1-8H3,(H,48,59)(H,49,56)(H,51,60)(H,62,63)(H2,65,66,67)/t27-,28?,31+,34+,35+,37+,41-/m0/s1. The van der Waals surface area contributed by atoms with Crippen molar-refractivity contribution in [1.29, 1.82) is 0 Å². The van der Waals surface area contributed by atoms with E-state index in [4.69, 9.17) is 19.3 Å². The Morgan fingerprint density at radius 3 is 2.28 bits per heavy atom. The summed E-state index contributed by atoms with van der Waals surface area (Å²) in [4.78, 5) is 143. The topological polar surface area (TPSA) is 318 Å². The van der Waals surface area contributed by atoms with E-state index in [-0.39, 0.29) is 84.7 Å². The molecular weight excluding hydrogens is 982 g/mol. The van der Waals surface area contributed by atoms with E-state index >= 15 is 0 Å². The second-order valence-corrected chi connectivity index (χ2v) is 20.5. The van der Waals surface area contributed by atoms with E-state index in [2.05, 4.69) is 25.5 Å². The number of likely N-dealkylation sites (N-methyl/N-ethyl adjacent to an activating group) is 2. The Morgan fingerprint density at radius 2 is 1.68 bits per heavy atom. The predicted molar refractivity (Wildman–Crippen MR) is 260 cm³/mol. The number of carboxylic acid groups (broad SMARTS) is 1. The number of phosphoric ester groups is 1. The molecule has 6 amide bonds. The minimum atomic E-state index is -5.34. The van der Waals surface area contributed by atoms with Gasteiger partial charge in [0.2, 0.25) is 17.7 Å². The number of imide groups is 1. The van der Waals surface area contributed by atoms with E-state index in [0.717, 1.165) is 47.8 Å². The smallest absolute Gasteiger partial charge is 0.481 e. The SMILES string of the molecule is CC[C@H](C)[C@H](NC(=O)[C@H]1CCCCN1C)C(=O)N(C)[C@H](C[C@@H](OC(C)=O)c1nc(C(=O)N[C@@H](Cc2ccc(OC(=O)OP(=O)(O)O)c(NC(=O)CCCN3C(=O)C=CC3=O)c2)CC(C)C(=O)O)cs1)C(C)C. The summed E-state index contributed by atoms with van der Waals surface area (Å²) in [6.07, 6.45) is 2.27. The first-order valence-electron chi connectivity index (χ1n) is 23.6. The van der Waals surface area contributed by atoms with E-state index < -0.39 is 85.4 Å². The molecule has 0 spiro atoms. The zero-order valence-electron chi connectivity index (χ0n) is 41.7. The van der Waals surface area contributed by atoms with Crippen molar-refractivity contribution in [3.63, 3.8) is 0 Å². The molecule has 3 heterocycles. The quantitative estimate of drug-likeness (QED) is 0.0349. The molecule has 2 aliphatic heterocycles. The number of benzene rings is 1. The monoisotopic (exact) mass is 1050 g/mol. The Balaban J connectivity index is 1.56. The van der Waals surface area contributed by atoms with Gasteiger partial charge in [0.05, 0.1) is 17.6 Å². The van der Waals surface area contributed by atoms with Gasteiger partial charge in [-0.25, -0.2) is 14.3 Å². The lowest BCUT2D eigenvalue weighted by Crippen LogP contribution is -2.58. The molecule has 4 rings (SSSR count). The first-order valence-corrected chi connectivity index (χ1v) is 26.1. The number of hydrogen-bond acceptors (Lipinski definition) is 16. The van der Waals surface area contributed by atoms with Crippen molar-refractivity contribution in [3.8, 4) is 5.75 Å². The summed E-state index contributed by atoms with van der Waals surface area (Å²) < 4.78 is 26.0. The molecule has 1 saturated heterocycles. The summed E-state index contributed by atoms with van der Waals surface area (Å²) in [6, 6.07) is 1.27. The summed E-state index contributed by atoms with van der Waals surface area (Å²) in [6.45, 7) is 11.0. The molecule has 0 aliphatic carbocycles. The molecular formula is C47H66N7O16PS. The van der Waals surface area contributed by atoms with E-state index in [9.17, 15) is 52.8 Å². The van der Waals surface area contributed by atoms with Gasteiger partial charge in [-0.2, -0.15) is 0 Å². The minimum absolute atomic E-state index is 0.0373. The van der Waals surface area contributed by atoms with Gasteiger partial charge in [-0.05, 0) is 75.2 Å². The van der Waals surface area contributed by atoms with E-state index in [1.807, 2.05) is 39.6 Å². The first kappa shape index (κ1) is 58.5. The fraction of sp³-hybridized carbons (Fsp3) is 0.574. The number of hydrogen-bond donors (Lipinski definition) is 6. The number of carbonyl (C=O) groups is 9. The number of carboxylic acids is 1. The average Bonchev–Trinajstić information content (AvgIpc) is 3.92. The minimum Gasteiger partial charge on any atom is -0.481 e. The molecule has 7 atom stereocenters. The number of phosphoric acid groups is 1. The summed E-state index contributed by atoms with van der Waals surface area (Å²) >= 11 is 1.03. The number of amides is 6. The molecule has 1 aromatic carbocycles. The molecule has 23 nitrogen and oxygen atoms in total. The number of aliphatic carboxylic acids is 1. The summed E-state index contributed by atoms with van der Waals surface area (Å²) in [5.41, 5.74) is 0.0740. The molecule has 1 fully saturated rings. The highest BCUT2D eigenvalue weighted by Crippen LogP contribution is 2.38. The lowest BCUT2D eigenvalue weighted by molar-refractivity contribution is -0.149. The second-order valence-electron chi connectivity index (χ2n) is 18.5. The van der Waals surface area contributed by atoms with Gasteiger partial charge in [-0.1, -0.05) is 53.5 Å². The third-order valence-electron chi connectivity index (χ3n) is 12.5. The Morgan fingerprint density at radius 1 is 1.00 bits per heavy atom. The van der Waals surface area contributed by atoms with Crippen LogP contribution < -0.4 is 20.7 Å². The van der Waals surface area contributed by atoms with Crippen LogP contribution in [0, 0.1) is 17.8 Å². The van der Waals surface area contributed by atoms with Crippen LogP contribution >= 0.6 is 19.2 Å². The molecule has 0 radical (unpaired) electrons. The van der Waals surface area contributed by atoms with Crippen LogP contribution in [-0.2, 0) is 53.8 Å². The molecule has 2 aromatic rings. The first-order chi connectivity index (χ1) is 33.8. The highest BCUT2D eigenvalue weighted by atomic mass is 32.1. The molecule has 6 N–H and O–H groups in total. The van der Waals surface area contributed by atoms with Crippen molar-refractivity contribution in [3.05, 3.63) is 52.0 Å². The Kier molecular flexibility index (Phi) is 21.6. The van der Waals surface area contributed by atoms with Crippen molar-refractivity contribution in [2.45, 2.75) is 130 Å². The van der Waals surface area contributed by atoms with Gasteiger partial charge in [0.1, 0.15) is 16.7 Å². The van der Waals surface area contributed by atoms with Crippen molar-refractivity contribution >= 4 is 78.4 Å². The van der Waals surface area contributed by atoms with Crippen LogP contribution in [0.2, 0.25) is 0 Å². The lowest BCUT2D eigenvalue weighted by Gasteiger charge is -2.38. The summed E-state index contributed by atoms with van der Waals surface area (Å²) in [7, 11) is -1.80. The molecule has 72 heavy (non-hydrogen) atoms. The van der Waals surface area contributed by atoms with Crippen LogP contribution in [0.4, 0.5) is 10.5 Å².